The predicted octanol–water partition coefficient (Wildman–Crippen LogP) is 3.42. The van der Waals surface area contributed by atoms with Gasteiger partial charge in [-0.2, -0.15) is 0 Å². The Bertz CT molecular complexity index is 685. The van der Waals surface area contributed by atoms with Gasteiger partial charge in [0.15, 0.2) is 0 Å². The van der Waals surface area contributed by atoms with Crippen LogP contribution in [0.4, 0.5) is 0 Å². The second-order valence-corrected chi connectivity index (χ2v) is 5.49. The lowest BCUT2D eigenvalue weighted by atomic mass is 10.1. The maximum atomic E-state index is 12.4. The molecule has 4 nitrogen and oxygen atoms in total. The van der Waals surface area contributed by atoms with Crippen molar-refractivity contribution < 1.29 is 14.7 Å². The molecule has 0 radical (unpaired) electrons. The van der Waals surface area contributed by atoms with Crippen LogP contribution in [0.5, 0.6) is 0 Å². The Morgan fingerprint density at radius 3 is 2.43 bits per heavy atom. The van der Waals surface area contributed by atoms with E-state index >= 15 is 0 Å². The molecule has 1 N–H and O–H groups in total. The molecule has 0 bridgehead atoms. The molecule has 5 heteroatoms. The first-order valence-corrected chi connectivity index (χ1v) is 7.10. The van der Waals surface area contributed by atoms with Crippen LogP contribution in [-0.2, 0) is 6.54 Å². The average Bonchev–Trinajstić information content (AvgIpc) is 2.49. The van der Waals surface area contributed by atoms with E-state index in [-0.39, 0.29) is 11.5 Å². The third-order valence-electron chi connectivity index (χ3n) is 3.07. The van der Waals surface area contributed by atoms with Crippen LogP contribution < -0.4 is 0 Å². The number of amides is 1. The molecule has 0 atom stereocenters. The second kappa shape index (κ2) is 6.54. The van der Waals surface area contributed by atoms with Crippen molar-refractivity contribution in [1.82, 2.24) is 4.90 Å². The first-order chi connectivity index (χ1) is 9.99. The van der Waals surface area contributed by atoms with Gasteiger partial charge >= 0.3 is 5.97 Å². The van der Waals surface area contributed by atoms with Crippen molar-refractivity contribution in [2.45, 2.75) is 6.54 Å². The van der Waals surface area contributed by atoms with Crippen LogP contribution in [0.25, 0.3) is 0 Å². The standard InChI is InChI=1S/C16H14BrNO3/c1-18(10-13-5-2-3-8-14(13)17)15(19)11-6-4-7-12(9-11)16(20)21/h2-9H,10H2,1H3,(H,20,21). The molecule has 2 aromatic carbocycles. The highest BCUT2D eigenvalue weighted by atomic mass is 79.9. The van der Waals surface area contributed by atoms with Crippen LogP contribution in [0.1, 0.15) is 26.3 Å². The summed E-state index contributed by atoms with van der Waals surface area (Å²) < 4.78 is 0.934. The van der Waals surface area contributed by atoms with Gasteiger partial charge in [0.1, 0.15) is 0 Å². The number of carboxylic acids is 1. The van der Waals surface area contributed by atoms with Crippen LogP contribution in [0.2, 0.25) is 0 Å². The summed E-state index contributed by atoms with van der Waals surface area (Å²) in [6.07, 6.45) is 0. The molecular formula is C16H14BrNO3. The second-order valence-electron chi connectivity index (χ2n) is 4.64. The summed E-state index contributed by atoms with van der Waals surface area (Å²) in [6.45, 7) is 0.442. The Hall–Kier alpha value is -2.14. The maximum Gasteiger partial charge on any atom is 0.335 e. The van der Waals surface area contributed by atoms with Gasteiger partial charge in [0.25, 0.3) is 5.91 Å². The molecule has 0 aromatic heterocycles. The van der Waals surface area contributed by atoms with Gasteiger partial charge in [-0.05, 0) is 29.8 Å². The van der Waals surface area contributed by atoms with Crippen molar-refractivity contribution in [3.8, 4) is 0 Å². The smallest absolute Gasteiger partial charge is 0.335 e. The van der Waals surface area contributed by atoms with Crippen molar-refractivity contribution in [3.05, 3.63) is 69.7 Å². The van der Waals surface area contributed by atoms with Crippen LogP contribution in [0.15, 0.2) is 53.0 Å². The molecular weight excluding hydrogens is 334 g/mol. The number of halogens is 1. The Balaban J connectivity index is 2.18. The Kier molecular flexibility index (Phi) is 4.75. The van der Waals surface area contributed by atoms with Gasteiger partial charge < -0.3 is 10.0 Å². The quantitative estimate of drug-likeness (QED) is 0.921. The number of hydrogen-bond donors (Lipinski definition) is 1. The lowest BCUT2D eigenvalue weighted by Gasteiger charge is -2.18. The summed E-state index contributed by atoms with van der Waals surface area (Å²) in [5, 5.41) is 8.97. The first-order valence-electron chi connectivity index (χ1n) is 6.31. The van der Waals surface area contributed by atoms with Crippen molar-refractivity contribution in [3.63, 3.8) is 0 Å². The van der Waals surface area contributed by atoms with E-state index in [9.17, 15) is 9.59 Å². The van der Waals surface area contributed by atoms with Crippen LogP contribution in [-0.4, -0.2) is 28.9 Å². The zero-order chi connectivity index (χ0) is 15.4. The first kappa shape index (κ1) is 15.3. The van der Waals surface area contributed by atoms with Gasteiger partial charge in [0, 0.05) is 23.6 Å². The summed E-state index contributed by atoms with van der Waals surface area (Å²) in [4.78, 5) is 24.9. The summed E-state index contributed by atoms with van der Waals surface area (Å²) >= 11 is 3.45. The van der Waals surface area contributed by atoms with Crippen molar-refractivity contribution in [2.24, 2.45) is 0 Å². The van der Waals surface area contributed by atoms with Crippen molar-refractivity contribution in [1.29, 1.82) is 0 Å². The molecule has 0 unspecified atom stereocenters. The van der Waals surface area contributed by atoms with E-state index in [4.69, 9.17) is 5.11 Å². The van der Waals surface area contributed by atoms with E-state index in [0.29, 0.717) is 12.1 Å². The van der Waals surface area contributed by atoms with E-state index in [2.05, 4.69) is 15.9 Å². The molecule has 1 amide bonds. The van der Waals surface area contributed by atoms with E-state index in [1.807, 2.05) is 24.3 Å². The van der Waals surface area contributed by atoms with E-state index in [0.717, 1.165) is 10.0 Å². The zero-order valence-corrected chi connectivity index (χ0v) is 13.0. The molecule has 0 aliphatic rings. The molecule has 0 saturated heterocycles. The Labute approximate surface area is 131 Å². The van der Waals surface area contributed by atoms with Gasteiger partial charge in [-0.15, -0.1) is 0 Å². The molecule has 0 saturated carbocycles. The van der Waals surface area contributed by atoms with Gasteiger partial charge in [-0.25, -0.2) is 4.79 Å². The van der Waals surface area contributed by atoms with Crippen LogP contribution >= 0.6 is 15.9 Å². The molecule has 108 valence electrons. The monoisotopic (exact) mass is 347 g/mol. The molecule has 2 rings (SSSR count). The SMILES string of the molecule is CN(Cc1ccccc1Br)C(=O)c1cccc(C(=O)O)c1. The fourth-order valence-corrected chi connectivity index (χ4v) is 2.37. The number of carboxylic acid groups (broad SMARTS) is 1. The average molecular weight is 348 g/mol. The van der Waals surface area contributed by atoms with Crippen molar-refractivity contribution in [2.75, 3.05) is 7.05 Å². The lowest BCUT2D eigenvalue weighted by molar-refractivity contribution is 0.0697. The fraction of sp³-hybridized carbons (Fsp3) is 0.125. The molecule has 2 aromatic rings. The number of rotatable bonds is 4. The van der Waals surface area contributed by atoms with Gasteiger partial charge in [-0.1, -0.05) is 40.2 Å². The summed E-state index contributed by atoms with van der Waals surface area (Å²) in [7, 11) is 1.69. The van der Waals surface area contributed by atoms with Crippen LogP contribution in [0, 0.1) is 0 Å². The minimum Gasteiger partial charge on any atom is -0.478 e. The topological polar surface area (TPSA) is 57.6 Å². The third kappa shape index (κ3) is 3.70. The third-order valence-corrected chi connectivity index (χ3v) is 3.84. The minimum atomic E-state index is -1.04. The number of benzene rings is 2. The fourth-order valence-electron chi connectivity index (χ4n) is 1.96. The normalized spacial score (nSPS) is 10.2. The molecule has 0 heterocycles. The van der Waals surface area contributed by atoms with Gasteiger partial charge in [-0.3, -0.25) is 4.79 Å². The molecule has 0 aliphatic heterocycles. The molecule has 0 fully saturated rings. The number of hydrogen-bond acceptors (Lipinski definition) is 2. The lowest BCUT2D eigenvalue weighted by Crippen LogP contribution is -2.26. The van der Waals surface area contributed by atoms with E-state index in [1.54, 1.807) is 24.1 Å². The minimum absolute atomic E-state index is 0.107. The molecule has 0 spiro atoms. The van der Waals surface area contributed by atoms with E-state index in [1.165, 1.54) is 12.1 Å². The highest BCUT2D eigenvalue weighted by Gasteiger charge is 2.14. The highest BCUT2D eigenvalue weighted by molar-refractivity contribution is 9.10. The molecule has 21 heavy (non-hydrogen) atoms. The number of nitrogens with zero attached hydrogens (tertiary/aromatic N) is 1. The summed E-state index contributed by atoms with van der Waals surface area (Å²) in [5.74, 6) is -1.26. The van der Waals surface area contributed by atoms with E-state index < -0.39 is 5.97 Å². The van der Waals surface area contributed by atoms with Crippen molar-refractivity contribution >= 4 is 27.8 Å². The Morgan fingerprint density at radius 1 is 1.10 bits per heavy atom. The predicted molar refractivity (Wildman–Crippen MR) is 83.3 cm³/mol. The largest absolute Gasteiger partial charge is 0.478 e. The Morgan fingerprint density at radius 2 is 1.76 bits per heavy atom. The summed E-state index contributed by atoms with van der Waals surface area (Å²) in [5.41, 5.74) is 1.46. The zero-order valence-electron chi connectivity index (χ0n) is 11.4. The molecule has 0 aliphatic carbocycles. The summed E-state index contributed by atoms with van der Waals surface area (Å²) in [6, 6.07) is 13.7. The van der Waals surface area contributed by atoms with Crippen LogP contribution in [0.3, 0.4) is 0 Å². The van der Waals surface area contributed by atoms with Gasteiger partial charge in [0.2, 0.25) is 0 Å². The highest BCUT2D eigenvalue weighted by Crippen LogP contribution is 2.18. The van der Waals surface area contributed by atoms with Gasteiger partial charge in [0.05, 0.1) is 5.56 Å². The number of carbonyl (C=O) groups is 2. The number of carbonyl (C=O) groups excluding carboxylic acids is 1. The maximum absolute atomic E-state index is 12.4. The number of aromatic carboxylic acids is 1.